The molecule has 2 aromatic heterocycles. The molecule has 0 unspecified atom stereocenters. The third-order valence-corrected chi connectivity index (χ3v) is 8.12. The molecule has 0 atom stereocenters. The number of aromatic nitrogens is 3. The summed E-state index contributed by atoms with van der Waals surface area (Å²) in [6, 6.07) is 28.4. The molecule has 0 fully saturated rings. The minimum atomic E-state index is -0.679. The van der Waals surface area contributed by atoms with E-state index in [9.17, 15) is 4.11 Å². The molecule has 4 heteroatoms. The summed E-state index contributed by atoms with van der Waals surface area (Å²) < 4.78 is 102. The van der Waals surface area contributed by atoms with Gasteiger partial charge >= 0.3 is 0 Å². The number of hydrogen-bond acceptors (Lipinski definition) is 4. The highest BCUT2D eigenvalue weighted by atomic mass is 16.3. The van der Waals surface area contributed by atoms with Crippen molar-refractivity contribution < 1.29 is 19.5 Å². The van der Waals surface area contributed by atoms with Crippen molar-refractivity contribution in [2.45, 2.75) is 0 Å². The Kier molecular flexibility index (Phi) is 4.78. The Balaban J connectivity index is 1.26. The van der Waals surface area contributed by atoms with Crippen molar-refractivity contribution >= 4 is 21.9 Å². The number of fused-ring (bicyclic) bond motifs is 3. The summed E-state index contributed by atoms with van der Waals surface area (Å²) in [6.45, 7) is 0. The zero-order valence-corrected chi connectivity index (χ0v) is 25.6. The Labute approximate surface area is 299 Å². The molecule has 0 radical (unpaired) electrons. The molecule has 0 N–H and O–H groups in total. The fraction of sp³-hybridized carbons (Fsp3) is 0. The molecule has 9 rings (SSSR count). The Hall–Kier alpha value is -6.65. The van der Waals surface area contributed by atoms with Crippen molar-refractivity contribution in [2.75, 3.05) is 0 Å². The molecule has 0 amide bonds. The summed E-state index contributed by atoms with van der Waals surface area (Å²) in [5.41, 5.74) is 3.53. The van der Waals surface area contributed by atoms with E-state index >= 15 is 0 Å². The van der Waals surface area contributed by atoms with E-state index in [-0.39, 0.29) is 45.0 Å². The second-order valence-corrected chi connectivity index (χ2v) is 11.2. The highest BCUT2D eigenvalue weighted by molar-refractivity contribution is 6.06. The van der Waals surface area contributed by atoms with Crippen LogP contribution in [0.4, 0.5) is 0 Å². The Morgan fingerprint density at radius 2 is 0.755 bits per heavy atom. The van der Waals surface area contributed by atoms with Gasteiger partial charge < -0.3 is 4.42 Å². The van der Waals surface area contributed by atoms with Crippen molar-refractivity contribution in [3.63, 3.8) is 0 Å². The van der Waals surface area contributed by atoms with E-state index in [1.807, 2.05) is 109 Å². The van der Waals surface area contributed by atoms with Gasteiger partial charge in [-0.3, -0.25) is 0 Å². The Morgan fingerprint density at radius 1 is 0.347 bits per heavy atom. The van der Waals surface area contributed by atoms with Crippen LogP contribution in [0.2, 0.25) is 0 Å². The molecule has 49 heavy (non-hydrogen) atoms. The zero-order valence-electron chi connectivity index (χ0n) is 36.6. The van der Waals surface area contributed by atoms with Crippen LogP contribution in [-0.4, -0.2) is 15.0 Å². The predicted octanol–water partition coefficient (Wildman–Crippen LogP) is 11.8. The lowest BCUT2D eigenvalue weighted by Crippen LogP contribution is -2.00. The van der Waals surface area contributed by atoms with Gasteiger partial charge in [0.1, 0.15) is 11.2 Å². The number of hydrogen-bond donors (Lipinski definition) is 0. The van der Waals surface area contributed by atoms with Gasteiger partial charge in [-0.25, -0.2) is 15.0 Å². The smallest absolute Gasteiger partial charge is 0.164 e. The summed E-state index contributed by atoms with van der Waals surface area (Å²) in [5.74, 6) is 0.375. The molecule has 0 saturated carbocycles. The largest absolute Gasteiger partial charge is 0.456 e. The lowest BCUT2D eigenvalue weighted by molar-refractivity contribution is 0.669. The van der Waals surface area contributed by atoms with E-state index in [2.05, 4.69) is 0 Å². The van der Waals surface area contributed by atoms with Gasteiger partial charge in [0.05, 0.1) is 15.1 Å². The summed E-state index contributed by atoms with van der Waals surface area (Å²) in [4.78, 5) is 14.3. The first-order chi connectivity index (χ1) is 28.8. The number of rotatable bonds is 6. The van der Waals surface area contributed by atoms with Crippen LogP contribution in [0.25, 0.3) is 89.5 Å². The molecule has 0 saturated heterocycles. The van der Waals surface area contributed by atoms with Crippen LogP contribution in [0, 0.1) is 0 Å². The fourth-order valence-corrected chi connectivity index (χ4v) is 5.63. The maximum atomic E-state index is 9.41. The van der Waals surface area contributed by atoms with Crippen molar-refractivity contribution in [1.82, 2.24) is 15.0 Å². The van der Waals surface area contributed by atoms with Crippen molar-refractivity contribution in [3.8, 4) is 67.5 Å². The first-order valence-corrected chi connectivity index (χ1v) is 15.5. The SMILES string of the molecule is [2H]c1c([2H])c([2H])c(-c2c([2H])c([2H])c3c(oc4c([2H])c(-c5nc(-c6ccc(-c7ccccc7)cc6)nc(-c6ccc(-c7ccccc7)cc6)n5)c([2H])c([2H])c43)c2[2H])c([2H])c1[2H]. The second kappa shape index (κ2) is 12.2. The van der Waals surface area contributed by atoms with E-state index in [1.54, 1.807) is 0 Å². The van der Waals surface area contributed by atoms with Crippen LogP contribution in [0.5, 0.6) is 0 Å². The number of benzene rings is 7. The summed E-state index contributed by atoms with van der Waals surface area (Å²) in [7, 11) is 0. The van der Waals surface area contributed by atoms with Crippen LogP contribution < -0.4 is 0 Å². The quantitative estimate of drug-likeness (QED) is 0.182. The number of nitrogens with zero attached hydrogens (tertiary/aromatic N) is 3. The van der Waals surface area contributed by atoms with Crippen molar-refractivity contribution in [3.05, 3.63) is 176 Å². The topological polar surface area (TPSA) is 51.8 Å². The molecular formula is C45H29N3O. The maximum absolute atomic E-state index is 9.41. The van der Waals surface area contributed by atoms with E-state index in [0.717, 1.165) is 22.3 Å². The first kappa shape index (κ1) is 19.2. The van der Waals surface area contributed by atoms with Gasteiger partial charge in [0.15, 0.2) is 17.5 Å². The van der Waals surface area contributed by atoms with Crippen molar-refractivity contribution in [1.29, 1.82) is 0 Å². The standard InChI is InChI=1S/C45H29N3O/c1-4-10-30(11-5-1)33-16-20-35(21-17-33)43-46-44(36-22-18-34(19-23-36)31-12-6-2-7-13-31)48-45(47-43)38-25-27-40-39-26-24-37(32-14-8-3-9-15-32)28-41(39)49-42(40)29-38/h1-29H/i3D,8D,9D,14D,15D,24D,25D,26D,27D,28D,29D. The molecule has 0 spiro atoms. The second-order valence-electron chi connectivity index (χ2n) is 11.2. The van der Waals surface area contributed by atoms with Crippen LogP contribution in [0.3, 0.4) is 0 Å². The minimum Gasteiger partial charge on any atom is -0.456 e. The van der Waals surface area contributed by atoms with Gasteiger partial charge in [0.25, 0.3) is 0 Å². The molecule has 0 aliphatic carbocycles. The molecule has 2 heterocycles. The van der Waals surface area contributed by atoms with Gasteiger partial charge in [-0.05, 0) is 57.6 Å². The van der Waals surface area contributed by atoms with E-state index in [4.69, 9.17) is 30.3 Å². The lowest BCUT2D eigenvalue weighted by Gasteiger charge is -2.10. The average Bonchev–Trinajstić information content (AvgIpc) is 3.70. The van der Waals surface area contributed by atoms with E-state index < -0.39 is 77.6 Å². The van der Waals surface area contributed by atoms with Crippen LogP contribution in [-0.2, 0) is 0 Å². The van der Waals surface area contributed by atoms with Crippen molar-refractivity contribution in [2.24, 2.45) is 0 Å². The monoisotopic (exact) mass is 638 g/mol. The normalized spacial score (nSPS) is 14.4. The van der Waals surface area contributed by atoms with E-state index in [1.165, 1.54) is 0 Å². The molecule has 0 aliphatic heterocycles. The Morgan fingerprint density at radius 3 is 1.27 bits per heavy atom. The molecule has 0 aliphatic rings. The van der Waals surface area contributed by atoms with Crippen LogP contribution in [0.1, 0.15) is 15.1 Å². The van der Waals surface area contributed by atoms with Gasteiger partial charge in [-0.2, -0.15) is 0 Å². The van der Waals surface area contributed by atoms with Gasteiger partial charge in [0.2, 0.25) is 0 Å². The average molecular weight is 639 g/mol. The van der Waals surface area contributed by atoms with Gasteiger partial charge in [0, 0.05) is 27.5 Å². The first-order valence-electron chi connectivity index (χ1n) is 21.0. The minimum absolute atomic E-state index is 0.0988. The third kappa shape index (κ3) is 5.56. The Bertz CT molecular complexity index is 3060. The molecule has 0 bridgehead atoms. The third-order valence-electron chi connectivity index (χ3n) is 8.12. The summed E-state index contributed by atoms with van der Waals surface area (Å²) in [5, 5.41) is -0.352. The molecule has 4 nitrogen and oxygen atoms in total. The van der Waals surface area contributed by atoms with Crippen LogP contribution in [0.15, 0.2) is 180 Å². The van der Waals surface area contributed by atoms with Crippen LogP contribution >= 0.6 is 0 Å². The zero-order chi connectivity index (χ0) is 42.1. The highest BCUT2D eigenvalue weighted by Gasteiger charge is 2.15. The molecular weight excluding hydrogens is 599 g/mol. The lowest BCUT2D eigenvalue weighted by atomic mass is 10.0. The fourth-order valence-electron chi connectivity index (χ4n) is 5.63. The molecule has 9 aromatic rings. The van der Waals surface area contributed by atoms with E-state index in [0.29, 0.717) is 11.1 Å². The summed E-state index contributed by atoms with van der Waals surface area (Å²) >= 11 is 0. The van der Waals surface area contributed by atoms with Gasteiger partial charge in [-0.1, -0.05) is 151 Å². The predicted molar refractivity (Wildman–Crippen MR) is 200 cm³/mol. The highest BCUT2D eigenvalue weighted by Crippen LogP contribution is 2.35. The summed E-state index contributed by atoms with van der Waals surface area (Å²) in [6.07, 6.45) is 0. The molecule has 7 aromatic carbocycles. The number of furan rings is 1. The maximum Gasteiger partial charge on any atom is 0.164 e. The van der Waals surface area contributed by atoms with Gasteiger partial charge in [-0.15, -0.1) is 0 Å². The molecule has 230 valence electrons.